The number of nitrogens with one attached hydrogen (secondary N) is 1. The number of carbonyl (C=O) groups excluding carboxylic acids is 2. The molecule has 0 spiro atoms. The zero-order chi connectivity index (χ0) is 14.3. The highest BCUT2D eigenvalue weighted by Crippen LogP contribution is 2.09. The molecular weight excluding hydrogens is 240 g/mol. The Morgan fingerprint density at radius 2 is 1.94 bits per heavy atom. The van der Waals surface area contributed by atoms with Crippen LogP contribution in [0.25, 0.3) is 0 Å². The summed E-state index contributed by atoms with van der Waals surface area (Å²) in [5, 5.41) is 10.9. The van der Waals surface area contributed by atoms with Crippen LogP contribution in [0.2, 0.25) is 0 Å². The Kier molecular flexibility index (Phi) is 6.96. The van der Waals surface area contributed by atoms with Gasteiger partial charge < -0.3 is 20.9 Å². The molecule has 7 heteroatoms. The lowest BCUT2D eigenvalue weighted by atomic mass is 9.98. The molecule has 0 aromatic carbocycles. The lowest BCUT2D eigenvalue weighted by molar-refractivity contribution is -0.147. The van der Waals surface area contributed by atoms with E-state index >= 15 is 0 Å². The molecule has 0 heterocycles. The van der Waals surface area contributed by atoms with Crippen molar-refractivity contribution >= 4 is 17.8 Å². The van der Waals surface area contributed by atoms with E-state index in [2.05, 4.69) is 10.1 Å². The van der Waals surface area contributed by atoms with Crippen molar-refractivity contribution in [3.63, 3.8) is 0 Å². The maximum absolute atomic E-state index is 11.6. The van der Waals surface area contributed by atoms with Crippen molar-refractivity contribution < 1.29 is 24.2 Å². The molecule has 0 fully saturated rings. The summed E-state index contributed by atoms with van der Waals surface area (Å²) < 4.78 is 4.59. The molecule has 4 N–H and O–H groups in total. The van der Waals surface area contributed by atoms with E-state index in [4.69, 9.17) is 10.8 Å². The molecule has 0 rings (SSSR count). The molecule has 7 nitrogen and oxygen atoms in total. The number of nitrogens with two attached hydrogens (primary N) is 1. The zero-order valence-corrected chi connectivity index (χ0v) is 10.8. The Hall–Kier alpha value is -1.63. The average Bonchev–Trinajstić information content (AvgIpc) is 2.32. The van der Waals surface area contributed by atoms with Crippen LogP contribution in [-0.2, 0) is 19.1 Å². The van der Waals surface area contributed by atoms with Gasteiger partial charge in [0.2, 0.25) is 5.91 Å². The van der Waals surface area contributed by atoms with E-state index in [1.165, 1.54) is 7.11 Å². The largest absolute Gasteiger partial charge is 0.481 e. The number of ether oxygens (including phenoxy) is 1. The topological polar surface area (TPSA) is 119 Å². The average molecular weight is 260 g/mol. The predicted octanol–water partition coefficient (Wildman–Crippen LogP) is -0.508. The van der Waals surface area contributed by atoms with Crippen molar-refractivity contribution in [3.05, 3.63) is 0 Å². The van der Waals surface area contributed by atoms with Crippen LogP contribution in [0.3, 0.4) is 0 Å². The van der Waals surface area contributed by atoms with Gasteiger partial charge in [0.05, 0.1) is 19.6 Å². The second kappa shape index (κ2) is 7.65. The Labute approximate surface area is 106 Å². The third kappa shape index (κ3) is 5.13. The second-order valence-electron chi connectivity index (χ2n) is 4.10. The molecule has 104 valence electrons. The number of carboxylic acids is 1. The van der Waals surface area contributed by atoms with Crippen LogP contribution in [0.5, 0.6) is 0 Å². The number of aliphatic carboxylic acids is 1. The van der Waals surface area contributed by atoms with Gasteiger partial charge in [-0.05, 0) is 5.92 Å². The number of rotatable bonds is 7. The normalized spacial score (nSPS) is 15.3. The van der Waals surface area contributed by atoms with Crippen molar-refractivity contribution in [3.8, 4) is 0 Å². The maximum atomic E-state index is 11.6. The minimum absolute atomic E-state index is 0.126. The lowest BCUT2D eigenvalue weighted by Crippen LogP contribution is -2.51. The number of amides is 1. The minimum atomic E-state index is -1.18. The highest BCUT2D eigenvalue weighted by atomic mass is 16.5. The van der Waals surface area contributed by atoms with E-state index in [0.717, 1.165) is 0 Å². The first kappa shape index (κ1) is 16.4. The summed E-state index contributed by atoms with van der Waals surface area (Å²) in [7, 11) is 1.22. The number of hydrogen-bond donors (Lipinski definition) is 3. The molecule has 0 aliphatic carbocycles. The summed E-state index contributed by atoms with van der Waals surface area (Å²) in [6, 6.07) is -1.99. The van der Waals surface area contributed by atoms with Crippen LogP contribution in [0.15, 0.2) is 0 Å². The standard InChI is InChI=1S/C11H20N2O5/c1-4-6(2)9(11(17)18-3)13-10(16)7(12)5-8(14)15/h6-7,9H,4-5,12H2,1-3H3,(H,13,16)(H,14,15). The lowest BCUT2D eigenvalue weighted by Gasteiger charge is -2.23. The fourth-order valence-electron chi connectivity index (χ4n) is 1.34. The van der Waals surface area contributed by atoms with Gasteiger partial charge in [-0.25, -0.2) is 4.79 Å². The van der Waals surface area contributed by atoms with Crippen LogP contribution >= 0.6 is 0 Å². The molecule has 3 atom stereocenters. The molecule has 0 bridgehead atoms. The van der Waals surface area contributed by atoms with Crippen molar-refractivity contribution in [2.45, 2.75) is 38.8 Å². The van der Waals surface area contributed by atoms with E-state index in [1.807, 2.05) is 6.92 Å². The summed E-state index contributed by atoms with van der Waals surface area (Å²) in [6.07, 6.45) is 0.175. The first-order valence-corrected chi connectivity index (χ1v) is 5.69. The van der Waals surface area contributed by atoms with Gasteiger partial charge in [-0.1, -0.05) is 20.3 Å². The van der Waals surface area contributed by atoms with Crippen LogP contribution in [0.1, 0.15) is 26.7 Å². The Morgan fingerprint density at radius 1 is 1.39 bits per heavy atom. The summed E-state index contributed by atoms with van der Waals surface area (Å²) in [5.74, 6) is -2.54. The van der Waals surface area contributed by atoms with Gasteiger partial charge in [0.1, 0.15) is 6.04 Å². The van der Waals surface area contributed by atoms with E-state index in [-0.39, 0.29) is 5.92 Å². The Balaban J connectivity index is 4.62. The number of hydrogen-bond acceptors (Lipinski definition) is 5. The van der Waals surface area contributed by atoms with Crippen LogP contribution in [0, 0.1) is 5.92 Å². The molecule has 0 aliphatic rings. The van der Waals surface area contributed by atoms with Gasteiger partial charge >= 0.3 is 11.9 Å². The SMILES string of the molecule is CCC(C)C(NC(=O)C(N)CC(=O)O)C(=O)OC. The van der Waals surface area contributed by atoms with Gasteiger partial charge in [0, 0.05) is 0 Å². The van der Waals surface area contributed by atoms with E-state index in [9.17, 15) is 14.4 Å². The number of esters is 1. The molecule has 0 aromatic heterocycles. The van der Waals surface area contributed by atoms with Gasteiger partial charge in [0.15, 0.2) is 0 Å². The fraction of sp³-hybridized carbons (Fsp3) is 0.727. The molecule has 1 amide bonds. The predicted molar refractivity (Wildman–Crippen MR) is 63.6 cm³/mol. The second-order valence-corrected chi connectivity index (χ2v) is 4.10. The van der Waals surface area contributed by atoms with Crippen LogP contribution < -0.4 is 11.1 Å². The van der Waals surface area contributed by atoms with Crippen molar-refractivity contribution in [1.82, 2.24) is 5.32 Å². The van der Waals surface area contributed by atoms with Gasteiger partial charge in [-0.2, -0.15) is 0 Å². The van der Waals surface area contributed by atoms with Crippen LogP contribution in [0.4, 0.5) is 0 Å². The zero-order valence-electron chi connectivity index (χ0n) is 10.8. The third-order valence-corrected chi connectivity index (χ3v) is 2.70. The third-order valence-electron chi connectivity index (χ3n) is 2.70. The highest BCUT2D eigenvalue weighted by Gasteiger charge is 2.29. The number of carboxylic acid groups (broad SMARTS) is 1. The van der Waals surface area contributed by atoms with E-state index in [1.54, 1.807) is 6.92 Å². The smallest absolute Gasteiger partial charge is 0.328 e. The Bertz CT molecular complexity index is 319. The fourth-order valence-corrected chi connectivity index (χ4v) is 1.34. The highest BCUT2D eigenvalue weighted by molar-refractivity contribution is 5.89. The van der Waals surface area contributed by atoms with Gasteiger partial charge in [0.25, 0.3) is 0 Å². The van der Waals surface area contributed by atoms with Crippen molar-refractivity contribution in [1.29, 1.82) is 0 Å². The van der Waals surface area contributed by atoms with Crippen molar-refractivity contribution in [2.24, 2.45) is 11.7 Å². The molecule has 18 heavy (non-hydrogen) atoms. The monoisotopic (exact) mass is 260 g/mol. The van der Waals surface area contributed by atoms with E-state index < -0.39 is 36.4 Å². The summed E-state index contributed by atoms with van der Waals surface area (Å²) >= 11 is 0. The number of methoxy groups -OCH3 is 1. The Morgan fingerprint density at radius 3 is 2.33 bits per heavy atom. The number of carbonyl (C=O) groups is 3. The first-order valence-electron chi connectivity index (χ1n) is 5.69. The van der Waals surface area contributed by atoms with Crippen molar-refractivity contribution in [2.75, 3.05) is 7.11 Å². The molecule has 0 saturated carbocycles. The quantitative estimate of drug-likeness (QED) is 0.530. The van der Waals surface area contributed by atoms with Gasteiger partial charge in [-0.3, -0.25) is 9.59 Å². The molecule has 0 saturated heterocycles. The van der Waals surface area contributed by atoms with Gasteiger partial charge in [-0.15, -0.1) is 0 Å². The molecule has 0 aliphatic heterocycles. The molecule has 0 radical (unpaired) electrons. The summed E-state index contributed by atoms with van der Waals surface area (Å²) in [6.45, 7) is 3.65. The summed E-state index contributed by atoms with van der Waals surface area (Å²) in [4.78, 5) is 33.5. The maximum Gasteiger partial charge on any atom is 0.328 e. The molecular formula is C11H20N2O5. The minimum Gasteiger partial charge on any atom is -0.481 e. The molecule has 3 unspecified atom stereocenters. The molecule has 0 aromatic rings. The van der Waals surface area contributed by atoms with Crippen LogP contribution in [-0.4, -0.2) is 42.1 Å². The first-order chi connectivity index (χ1) is 8.33. The van der Waals surface area contributed by atoms with E-state index in [0.29, 0.717) is 6.42 Å². The summed E-state index contributed by atoms with van der Waals surface area (Å²) in [5.41, 5.74) is 5.40.